The molecule has 0 bridgehead atoms. The van der Waals surface area contributed by atoms with Gasteiger partial charge in [0.25, 0.3) is 0 Å². The summed E-state index contributed by atoms with van der Waals surface area (Å²) in [6, 6.07) is 3.13. The highest BCUT2D eigenvalue weighted by atomic mass is 19.1. The van der Waals surface area contributed by atoms with Crippen molar-refractivity contribution in [1.29, 1.82) is 0 Å². The molecule has 0 fully saturated rings. The van der Waals surface area contributed by atoms with Crippen LogP contribution in [0.15, 0.2) is 18.2 Å². The molecule has 0 unspecified atom stereocenters. The van der Waals surface area contributed by atoms with Crippen LogP contribution in [0.5, 0.6) is 0 Å². The maximum atomic E-state index is 12.9. The fourth-order valence-electron chi connectivity index (χ4n) is 2.28. The second-order valence-corrected chi connectivity index (χ2v) is 6.12. The minimum atomic E-state index is -0.518. The number of hydrogen-bond acceptors (Lipinski definition) is 1. The molecule has 138 valence electrons. The molecule has 0 radical (unpaired) electrons. The van der Waals surface area contributed by atoms with Gasteiger partial charge in [-0.25, -0.2) is 8.78 Å². The highest BCUT2D eigenvalue weighted by Gasteiger charge is 2.03. The SMILES string of the molecule is CC(=O)NCc1cc(F)ccc1F.CCCCCCCCCCC. The van der Waals surface area contributed by atoms with Crippen LogP contribution in [-0.2, 0) is 11.3 Å². The van der Waals surface area contributed by atoms with Gasteiger partial charge in [0, 0.05) is 19.0 Å². The molecule has 2 nitrogen and oxygen atoms in total. The van der Waals surface area contributed by atoms with Crippen LogP contribution < -0.4 is 5.32 Å². The second-order valence-electron chi connectivity index (χ2n) is 6.12. The summed E-state index contributed by atoms with van der Waals surface area (Å²) in [5.41, 5.74) is 0.148. The van der Waals surface area contributed by atoms with Gasteiger partial charge >= 0.3 is 0 Å². The zero-order chi connectivity index (χ0) is 18.2. The highest BCUT2D eigenvalue weighted by molar-refractivity contribution is 5.72. The zero-order valence-corrected chi connectivity index (χ0v) is 15.5. The van der Waals surface area contributed by atoms with Crippen molar-refractivity contribution in [3.8, 4) is 0 Å². The van der Waals surface area contributed by atoms with Crippen molar-refractivity contribution >= 4 is 5.91 Å². The third-order valence-electron chi connectivity index (χ3n) is 3.74. The molecule has 0 aliphatic carbocycles. The monoisotopic (exact) mass is 341 g/mol. The summed E-state index contributed by atoms with van der Waals surface area (Å²) >= 11 is 0. The van der Waals surface area contributed by atoms with Gasteiger partial charge in [0.2, 0.25) is 5.91 Å². The van der Waals surface area contributed by atoms with E-state index in [1.165, 1.54) is 64.7 Å². The van der Waals surface area contributed by atoms with Gasteiger partial charge in [0.15, 0.2) is 0 Å². The van der Waals surface area contributed by atoms with Crippen LogP contribution in [0.4, 0.5) is 8.78 Å². The van der Waals surface area contributed by atoms with E-state index in [1.54, 1.807) is 0 Å². The van der Waals surface area contributed by atoms with Gasteiger partial charge < -0.3 is 5.32 Å². The van der Waals surface area contributed by atoms with Gasteiger partial charge in [-0.1, -0.05) is 71.6 Å². The van der Waals surface area contributed by atoms with Crippen molar-refractivity contribution in [1.82, 2.24) is 5.32 Å². The Hall–Kier alpha value is -1.45. The minimum absolute atomic E-state index is 0.0128. The molecule has 1 amide bonds. The van der Waals surface area contributed by atoms with Crippen molar-refractivity contribution in [3.05, 3.63) is 35.4 Å². The standard InChI is InChI=1S/C11H24.C9H9F2NO/c1-3-5-7-9-11-10-8-6-4-2;1-6(13)12-5-7-4-8(10)2-3-9(7)11/h3-11H2,1-2H3;2-4H,5H2,1H3,(H,12,13). The molecule has 0 saturated heterocycles. The zero-order valence-electron chi connectivity index (χ0n) is 15.5. The Kier molecular flexibility index (Phi) is 14.2. The largest absolute Gasteiger partial charge is 0.352 e. The highest BCUT2D eigenvalue weighted by Crippen LogP contribution is 2.09. The fraction of sp³-hybridized carbons (Fsp3) is 0.650. The van der Waals surface area contributed by atoms with Gasteiger partial charge in [-0.15, -0.1) is 0 Å². The van der Waals surface area contributed by atoms with E-state index in [0.29, 0.717) is 0 Å². The minimum Gasteiger partial charge on any atom is -0.352 e. The molecule has 0 aromatic heterocycles. The van der Waals surface area contributed by atoms with Crippen molar-refractivity contribution in [2.75, 3.05) is 0 Å². The van der Waals surface area contributed by atoms with Gasteiger partial charge in [-0.05, 0) is 18.2 Å². The number of nitrogens with one attached hydrogen (secondary N) is 1. The predicted molar refractivity (Wildman–Crippen MR) is 96.8 cm³/mol. The van der Waals surface area contributed by atoms with E-state index in [9.17, 15) is 13.6 Å². The summed E-state index contributed by atoms with van der Waals surface area (Å²) < 4.78 is 25.5. The van der Waals surface area contributed by atoms with E-state index in [4.69, 9.17) is 0 Å². The summed E-state index contributed by atoms with van der Waals surface area (Å²) in [6.45, 7) is 5.88. The summed E-state index contributed by atoms with van der Waals surface area (Å²) in [6.07, 6.45) is 13.0. The summed E-state index contributed by atoms with van der Waals surface area (Å²) in [5, 5.41) is 2.38. The number of hydrogen-bond donors (Lipinski definition) is 1. The Bertz CT molecular complexity index is 441. The first kappa shape index (κ1) is 22.6. The topological polar surface area (TPSA) is 29.1 Å². The maximum Gasteiger partial charge on any atom is 0.217 e. The van der Waals surface area contributed by atoms with Crippen LogP contribution >= 0.6 is 0 Å². The van der Waals surface area contributed by atoms with Crippen LogP contribution in [0.3, 0.4) is 0 Å². The average molecular weight is 341 g/mol. The smallest absolute Gasteiger partial charge is 0.217 e. The first-order chi connectivity index (χ1) is 11.5. The predicted octanol–water partition coefficient (Wildman–Crippen LogP) is 6.14. The van der Waals surface area contributed by atoms with E-state index >= 15 is 0 Å². The van der Waals surface area contributed by atoms with Gasteiger partial charge in [0.05, 0.1) is 0 Å². The number of amides is 1. The molecular formula is C20H33F2NO. The lowest BCUT2D eigenvalue weighted by Gasteiger charge is -2.03. The van der Waals surface area contributed by atoms with Gasteiger partial charge in [0.1, 0.15) is 11.6 Å². The second kappa shape index (κ2) is 15.1. The molecule has 0 aliphatic heterocycles. The Balaban J connectivity index is 0.000000449. The lowest BCUT2D eigenvalue weighted by atomic mass is 10.1. The number of carbonyl (C=O) groups is 1. The number of unbranched alkanes of at least 4 members (excludes halogenated alkanes) is 8. The average Bonchev–Trinajstić information content (AvgIpc) is 2.55. The molecule has 1 N–H and O–H groups in total. The van der Waals surface area contributed by atoms with Crippen molar-refractivity contribution in [2.45, 2.75) is 85.1 Å². The molecule has 1 rings (SSSR count). The van der Waals surface area contributed by atoms with Gasteiger partial charge in [-0.2, -0.15) is 0 Å². The fourth-order valence-corrected chi connectivity index (χ4v) is 2.28. The van der Waals surface area contributed by atoms with Crippen LogP contribution in [0.25, 0.3) is 0 Å². The third kappa shape index (κ3) is 13.0. The lowest BCUT2D eigenvalue weighted by molar-refractivity contribution is -0.119. The summed E-state index contributed by atoms with van der Waals surface area (Å²) in [7, 11) is 0. The maximum absolute atomic E-state index is 12.9. The van der Waals surface area contributed by atoms with E-state index < -0.39 is 11.6 Å². The van der Waals surface area contributed by atoms with Crippen LogP contribution in [-0.4, -0.2) is 5.91 Å². The number of rotatable bonds is 10. The molecule has 0 spiro atoms. The molecule has 4 heteroatoms. The Morgan fingerprint density at radius 3 is 1.88 bits per heavy atom. The molecule has 0 atom stereocenters. The van der Waals surface area contributed by atoms with Gasteiger partial charge in [-0.3, -0.25) is 4.79 Å². The normalized spacial score (nSPS) is 10.0. The molecule has 0 aliphatic rings. The van der Waals surface area contributed by atoms with Crippen molar-refractivity contribution < 1.29 is 13.6 Å². The molecular weight excluding hydrogens is 308 g/mol. The van der Waals surface area contributed by atoms with E-state index in [1.807, 2.05) is 0 Å². The van der Waals surface area contributed by atoms with Crippen molar-refractivity contribution in [3.63, 3.8) is 0 Å². The Morgan fingerprint density at radius 1 is 0.917 bits per heavy atom. The van der Waals surface area contributed by atoms with E-state index in [0.717, 1.165) is 18.2 Å². The van der Waals surface area contributed by atoms with E-state index in [-0.39, 0.29) is 18.0 Å². The molecule has 1 aromatic carbocycles. The lowest BCUT2D eigenvalue weighted by Crippen LogP contribution is -2.19. The quantitative estimate of drug-likeness (QED) is 0.509. The van der Waals surface area contributed by atoms with Crippen LogP contribution in [0, 0.1) is 11.6 Å². The first-order valence-corrected chi connectivity index (χ1v) is 9.19. The molecule has 0 heterocycles. The number of benzene rings is 1. The molecule has 24 heavy (non-hydrogen) atoms. The third-order valence-corrected chi connectivity index (χ3v) is 3.74. The molecule has 0 saturated carbocycles. The van der Waals surface area contributed by atoms with Crippen LogP contribution in [0.2, 0.25) is 0 Å². The Labute approximate surface area is 146 Å². The Morgan fingerprint density at radius 2 is 1.42 bits per heavy atom. The van der Waals surface area contributed by atoms with Crippen molar-refractivity contribution in [2.24, 2.45) is 0 Å². The summed E-state index contributed by atoms with van der Waals surface area (Å²) in [4.78, 5) is 10.5. The molecule has 1 aromatic rings. The van der Waals surface area contributed by atoms with E-state index in [2.05, 4.69) is 19.2 Å². The first-order valence-electron chi connectivity index (χ1n) is 9.19. The summed E-state index contributed by atoms with van der Waals surface area (Å²) in [5.74, 6) is -1.31. The number of halogens is 2. The van der Waals surface area contributed by atoms with Crippen LogP contribution in [0.1, 0.15) is 84.1 Å². The number of carbonyl (C=O) groups excluding carboxylic acids is 1.